The second-order valence-electron chi connectivity index (χ2n) is 6.03. The highest BCUT2D eigenvalue weighted by Crippen LogP contribution is 2.23. The number of rotatable bonds is 5. The van der Waals surface area contributed by atoms with Gasteiger partial charge in [0.1, 0.15) is 5.82 Å². The molecule has 0 aliphatic carbocycles. The number of benzene rings is 2. The van der Waals surface area contributed by atoms with Gasteiger partial charge in [-0.1, -0.05) is 60.3 Å². The van der Waals surface area contributed by atoms with Gasteiger partial charge in [-0.25, -0.2) is 14.4 Å². The molecule has 0 saturated heterocycles. The first kappa shape index (κ1) is 17.4. The molecule has 27 heavy (non-hydrogen) atoms. The molecule has 2 aromatic carbocycles. The summed E-state index contributed by atoms with van der Waals surface area (Å²) in [5.41, 5.74) is 1.83. The maximum absolute atomic E-state index is 14.0. The van der Waals surface area contributed by atoms with Gasteiger partial charge in [0.25, 0.3) is 5.56 Å². The van der Waals surface area contributed by atoms with Gasteiger partial charge in [-0.15, -0.1) is 0 Å². The maximum atomic E-state index is 14.0. The lowest BCUT2D eigenvalue weighted by Crippen LogP contribution is -2.24. The van der Waals surface area contributed by atoms with E-state index < -0.39 is 0 Å². The molecule has 0 amide bonds. The Morgan fingerprint density at radius 1 is 0.963 bits per heavy atom. The normalized spacial score (nSPS) is 11.0. The van der Waals surface area contributed by atoms with Crippen LogP contribution in [-0.2, 0) is 12.3 Å². The summed E-state index contributed by atoms with van der Waals surface area (Å²) in [6.07, 6.45) is 1.61. The van der Waals surface area contributed by atoms with Crippen LogP contribution in [0.1, 0.15) is 11.1 Å². The summed E-state index contributed by atoms with van der Waals surface area (Å²) in [5, 5.41) is 1.00. The van der Waals surface area contributed by atoms with Crippen molar-refractivity contribution in [1.29, 1.82) is 0 Å². The van der Waals surface area contributed by atoms with Crippen LogP contribution < -0.4 is 5.56 Å². The molecule has 4 rings (SSSR count). The summed E-state index contributed by atoms with van der Waals surface area (Å²) >= 11 is 1.33. The van der Waals surface area contributed by atoms with E-state index >= 15 is 0 Å². The van der Waals surface area contributed by atoms with E-state index in [1.807, 2.05) is 30.3 Å². The van der Waals surface area contributed by atoms with E-state index in [1.54, 1.807) is 41.1 Å². The maximum Gasteiger partial charge on any atom is 0.263 e. The number of hydrogen-bond acceptors (Lipinski definition) is 4. The number of halogens is 1. The first-order chi connectivity index (χ1) is 13.2. The molecule has 2 aromatic heterocycles. The van der Waals surface area contributed by atoms with E-state index in [0.717, 1.165) is 5.56 Å². The standard InChI is InChI=1S/C21H16FN3OS/c22-18-11-5-4-9-16(18)14-27-21-24-19-17(10-6-12-23-19)20(26)25(21)13-15-7-2-1-3-8-15/h1-12H,13-14H2. The minimum atomic E-state index is -0.263. The number of pyridine rings is 1. The Morgan fingerprint density at radius 3 is 2.56 bits per heavy atom. The van der Waals surface area contributed by atoms with Gasteiger partial charge in [-0.2, -0.15) is 0 Å². The Bertz CT molecular complexity index is 1140. The Hall–Kier alpha value is -2.99. The fraction of sp³-hybridized carbons (Fsp3) is 0.0952. The third kappa shape index (κ3) is 3.75. The van der Waals surface area contributed by atoms with E-state index in [-0.39, 0.29) is 11.4 Å². The Morgan fingerprint density at radius 2 is 1.74 bits per heavy atom. The van der Waals surface area contributed by atoms with E-state index in [1.165, 1.54) is 17.8 Å². The summed E-state index contributed by atoms with van der Waals surface area (Å²) in [7, 11) is 0. The van der Waals surface area contributed by atoms with Gasteiger partial charge in [0.2, 0.25) is 0 Å². The fourth-order valence-electron chi connectivity index (χ4n) is 2.81. The third-order valence-electron chi connectivity index (χ3n) is 4.19. The van der Waals surface area contributed by atoms with Crippen molar-refractivity contribution in [2.24, 2.45) is 0 Å². The van der Waals surface area contributed by atoms with Crippen molar-refractivity contribution < 1.29 is 4.39 Å². The van der Waals surface area contributed by atoms with Crippen LogP contribution in [0.5, 0.6) is 0 Å². The molecule has 0 unspecified atom stereocenters. The zero-order valence-electron chi connectivity index (χ0n) is 14.4. The average Bonchev–Trinajstić information content (AvgIpc) is 2.71. The molecular weight excluding hydrogens is 361 g/mol. The molecule has 0 saturated carbocycles. The third-order valence-corrected chi connectivity index (χ3v) is 5.22. The van der Waals surface area contributed by atoms with Crippen LogP contribution in [0.25, 0.3) is 11.0 Å². The van der Waals surface area contributed by atoms with Crippen molar-refractivity contribution in [2.45, 2.75) is 17.5 Å². The predicted octanol–water partition coefficient (Wildman–Crippen LogP) is 4.27. The molecule has 0 spiro atoms. The highest BCUT2D eigenvalue weighted by Gasteiger charge is 2.13. The zero-order chi connectivity index (χ0) is 18.6. The molecule has 4 nitrogen and oxygen atoms in total. The molecule has 0 aliphatic heterocycles. The monoisotopic (exact) mass is 377 g/mol. The molecule has 0 radical (unpaired) electrons. The first-order valence-corrected chi connectivity index (χ1v) is 9.46. The summed E-state index contributed by atoms with van der Waals surface area (Å²) in [5.74, 6) is 0.118. The molecule has 6 heteroatoms. The van der Waals surface area contributed by atoms with E-state index in [9.17, 15) is 9.18 Å². The number of thioether (sulfide) groups is 1. The van der Waals surface area contributed by atoms with Gasteiger partial charge in [0, 0.05) is 11.9 Å². The Balaban J connectivity index is 1.76. The van der Waals surface area contributed by atoms with Crippen LogP contribution in [0.3, 0.4) is 0 Å². The summed E-state index contributed by atoms with van der Waals surface area (Å²) in [4.78, 5) is 21.8. The topological polar surface area (TPSA) is 47.8 Å². The summed E-state index contributed by atoms with van der Waals surface area (Å²) in [6.45, 7) is 0.400. The van der Waals surface area contributed by atoms with Crippen LogP contribution in [0.4, 0.5) is 4.39 Å². The van der Waals surface area contributed by atoms with Crippen molar-refractivity contribution in [2.75, 3.05) is 0 Å². The molecule has 0 N–H and O–H groups in total. The minimum absolute atomic E-state index is 0.145. The van der Waals surface area contributed by atoms with Crippen LogP contribution in [-0.4, -0.2) is 14.5 Å². The average molecular weight is 377 g/mol. The highest BCUT2D eigenvalue weighted by molar-refractivity contribution is 7.98. The van der Waals surface area contributed by atoms with Gasteiger partial charge in [0.05, 0.1) is 11.9 Å². The van der Waals surface area contributed by atoms with Crippen LogP contribution in [0.15, 0.2) is 82.9 Å². The van der Waals surface area contributed by atoms with Crippen molar-refractivity contribution in [3.8, 4) is 0 Å². The van der Waals surface area contributed by atoms with Crippen molar-refractivity contribution >= 4 is 22.8 Å². The molecule has 0 fully saturated rings. The molecule has 4 aromatic rings. The fourth-order valence-corrected chi connectivity index (χ4v) is 3.78. The van der Waals surface area contributed by atoms with Crippen LogP contribution in [0, 0.1) is 5.82 Å². The van der Waals surface area contributed by atoms with Crippen LogP contribution in [0.2, 0.25) is 0 Å². The number of hydrogen-bond donors (Lipinski definition) is 0. The minimum Gasteiger partial charge on any atom is -0.282 e. The molecular formula is C21H16FN3OS. The SMILES string of the molecule is O=c1c2cccnc2nc(SCc2ccccc2F)n1Cc1ccccc1. The Kier molecular flexibility index (Phi) is 4.98. The second kappa shape index (κ2) is 7.72. The van der Waals surface area contributed by atoms with Gasteiger partial charge >= 0.3 is 0 Å². The summed E-state index contributed by atoms with van der Waals surface area (Å²) in [6, 6.07) is 19.8. The molecule has 134 valence electrons. The number of fused-ring (bicyclic) bond motifs is 1. The zero-order valence-corrected chi connectivity index (χ0v) is 15.2. The molecule has 0 bridgehead atoms. The number of aromatic nitrogens is 3. The Labute approximate surface area is 159 Å². The highest BCUT2D eigenvalue weighted by atomic mass is 32.2. The number of nitrogens with zero attached hydrogens (tertiary/aromatic N) is 3. The largest absolute Gasteiger partial charge is 0.282 e. The van der Waals surface area contributed by atoms with Crippen molar-refractivity contribution in [1.82, 2.24) is 14.5 Å². The summed E-state index contributed by atoms with van der Waals surface area (Å²) < 4.78 is 15.6. The molecule has 2 heterocycles. The van der Waals surface area contributed by atoms with Gasteiger partial charge in [0.15, 0.2) is 10.8 Å². The lowest BCUT2D eigenvalue weighted by atomic mass is 10.2. The van der Waals surface area contributed by atoms with Gasteiger partial charge < -0.3 is 0 Å². The first-order valence-electron chi connectivity index (χ1n) is 8.48. The second-order valence-corrected chi connectivity index (χ2v) is 6.97. The van der Waals surface area contributed by atoms with Crippen molar-refractivity contribution in [3.63, 3.8) is 0 Å². The molecule has 0 aliphatic rings. The quantitative estimate of drug-likeness (QED) is 0.385. The molecule has 0 atom stereocenters. The lowest BCUT2D eigenvalue weighted by molar-refractivity contribution is 0.616. The van der Waals surface area contributed by atoms with E-state index in [0.29, 0.717) is 34.1 Å². The van der Waals surface area contributed by atoms with Gasteiger partial charge in [-0.05, 0) is 29.3 Å². The van der Waals surface area contributed by atoms with Crippen molar-refractivity contribution in [3.05, 3.63) is 100 Å². The van der Waals surface area contributed by atoms with E-state index in [4.69, 9.17) is 0 Å². The van der Waals surface area contributed by atoms with Crippen LogP contribution >= 0.6 is 11.8 Å². The smallest absolute Gasteiger partial charge is 0.263 e. The lowest BCUT2D eigenvalue weighted by Gasteiger charge is -2.13. The van der Waals surface area contributed by atoms with E-state index in [2.05, 4.69) is 9.97 Å². The predicted molar refractivity (Wildman–Crippen MR) is 105 cm³/mol. The van der Waals surface area contributed by atoms with Gasteiger partial charge in [-0.3, -0.25) is 9.36 Å².